The molecule has 0 fully saturated rings. The van der Waals surface area contributed by atoms with Gasteiger partial charge in [-0.15, -0.1) is 0 Å². The number of amides is 2. The van der Waals surface area contributed by atoms with Crippen molar-refractivity contribution in [3.63, 3.8) is 0 Å². The second-order valence-corrected chi connectivity index (χ2v) is 8.57. The minimum Gasteiger partial charge on any atom is -0.347 e. The Hall–Kier alpha value is -3.72. The summed E-state index contributed by atoms with van der Waals surface area (Å²) in [6.45, 7) is 2.07. The fourth-order valence-corrected chi connectivity index (χ4v) is 3.89. The van der Waals surface area contributed by atoms with E-state index < -0.39 is 11.8 Å². The largest absolute Gasteiger partial charge is 0.347 e. The lowest BCUT2D eigenvalue weighted by Gasteiger charge is -2.12. The van der Waals surface area contributed by atoms with Crippen LogP contribution in [0.2, 0.25) is 10.0 Å². The molecule has 178 valence electrons. The van der Waals surface area contributed by atoms with Crippen LogP contribution in [0.15, 0.2) is 72.9 Å². The Bertz CT molecular complexity index is 1360. The maximum Gasteiger partial charge on any atom is 0.272 e. The first-order valence-electron chi connectivity index (χ1n) is 10.8. The summed E-state index contributed by atoms with van der Waals surface area (Å²) in [6.07, 6.45) is 1.64. The van der Waals surface area contributed by atoms with Crippen molar-refractivity contribution in [2.45, 2.75) is 13.0 Å². The van der Waals surface area contributed by atoms with Crippen LogP contribution in [0.25, 0.3) is 16.9 Å². The third-order valence-electron chi connectivity index (χ3n) is 5.16. The minimum absolute atomic E-state index is 0.126. The monoisotopic (exact) mass is 508 g/mol. The molecule has 4 aromatic rings. The molecule has 0 aliphatic carbocycles. The fourth-order valence-electron chi connectivity index (χ4n) is 3.33. The zero-order valence-electron chi connectivity index (χ0n) is 18.7. The SMILES string of the molecule is C[C@H](CN)NC(=O)c1cc(NC(=O)c2cc(-c3ccccn3)c(Cl)cc2Cl)n(-c2ccccc2)n1. The van der Waals surface area contributed by atoms with Crippen LogP contribution in [0, 0.1) is 0 Å². The van der Waals surface area contributed by atoms with Gasteiger partial charge in [0.2, 0.25) is 0 Å². The lowest BCUT2D eigenvalue weighted by Crippen LogP contribution is -2.38. The molecule has 0 aliphatic heterocycles. The molecule has 2 amide bonds. The summed E-state index contributed by atoms with van der Waals surface area (Å²) in [6, 6.07) is 18.9. The Morgan fingerprint density at radius 1 is 1.00 bits per heavy atom. The van der Waals surface area contributed by atoms with E-state index in [1.807, 2.05) is 24.3 Å². The van der Waals surface area contributed by atoms with Gasteiger partial charge in [-0.1, -0.05) is 47.5 Å². The van der Waals surface area contributed by atoms with E-state index in [4.69, 9.17) is 28.9 Å². The molecule has 0 unspecified atom stereocenters. The van der Waals surface area contributed by atoms with Crippen molar-refractivity contribution in [3.05, 3.63) is 94.2 Å². The quantitative estimate of drug-likeness (QED) is 0.338. The van der Waals surface area contributed by atoms with Gasteiger partial charge in [-0.2, -0.15) is 5.10 Å². The molecule has 2 aromatic heterocycles. The first kappa shape index (κ1) is 24.4. The van der Waals surface area contributed by atoms with Crippen molar-refractivity contribution in [3.8, 4) is 16.9 Å². The van der Waals surface area contributed by atoms with Gasteiger partial charge in [0.15, 0.2) is 5.69 Å². The number of hydrogen-bond donors (Lipinski definition) is 3. The van der Waals surface area contributed by atoms with E-state index in [1.165, 1.54) is 16.8 Å². The average Bonchev–Trinajstić information content (AvgIpc) is 3.29. The smallest absolute Gasteiger partial charge is 0.272 e. The predicted octanol–water partition coefficient (Wildman–Crippen LogP) is 4.57. The predicted molar refractivity (Wildman–Crippen MR) is 137 cm³/mol. The standard InChI is InChI=1S/C25H22Cl2N6O2/c1-15(14-28)30-25(35)22-13-23(33(32-22)16-7-3-2-4-8-16)31-24(34)18-11-17(19(26)12-20(18)27)21-9-5-6-10-29-21/h2-13,15H,14,28H2,1H3,(H,30,35)(H,31,34)/t15-/m1/s1. The summed E-state index contributed by atoms with van der Waals surface area (Å²) in [5.41, 5.74) is 7.75. The number of nitrogens with one attached hydrogen (secondary N) is 2. The van der Waals surface area contributed by atoms with Gasteiger partial charge < -0.3 is 16.4 Å². The van der Waals surface area contributed by atoms with Gasteiger partial charge in [0.25, 0.3) is 11.8 Å². The van der Waals surface area contributed by atoms with Crippen LogP contribution in [-0.2, 0) is 0 Å². The van der Waals surface area contributed by atoms with Crippen LogP contribution in [0.1, 0.15) is 27.8 Å². The lowest BCUT2D eigenvalue weighted by atomic mass is 10.1. The van der Waals surface area contributed by atoms with Crippen LogP contribution in [0.3, 0.4) is 0 Å². The van der Waals surface area contributed by atoms with Gasteiger partial charge in [0.1, 0.15) is 5.82 Å². The Morgan fingerprint density at radius 3 is 2.43 bits per heavy atom. The van der Waals surface area contributed by atoms with Crippen molar-refractivity contribution in [1.29, 1.82) is 0 Å². The molecule has 4 rings (SSSR count). The molecule has 8 nitrogen and oxygen atoms in total. The molecular weight excluding hydrogens is 487 g/mol. The van der Waals surface area contributed by atoms with E-state index in [1.54, 1.807) is 43.5 Å². The van der Waals surface area contributed by atoms with Crippen LogP contribution in [0.5, 0.6) is 0 Å². The highest BCUT2D eigenvalue weighted by molar-refractivity contribution is 6.38. The van der Waals surface area contributed by atoms with E-state index in [-0.39, 0.29) is 34.7 Å². The number of nitrogens with zero attached hydrogens (tertiary/aromatic N) is 3. The summed E-state index contributed by atoms with van der Waals surface area (Å²) in [5.74, 6) is -0.615. The van der Waals surface area contributed by atoms with E-state index in [9.17, 15) is 9.59 Å². The highest BCUT2D eigenvalue weighted by Crippen LogP contribution is 2.32. The molecule has 0 spiro atoms. The zero-order chi connectivity index (χ0) is 24.9. The van der Waals surface area contributed by atoms with Crippen LogP contribution in [-0.4, -0.2) is 39.2 Å². The van der Waals surface area contributed by atoms with Crippen molar-refractivity contribution < 1.29 is 9.59 Å². The van der Waals surface area contributed by atoms with Crippen molar-refractivity contribution in [1.82, 2.24) is 20.1 Å². The number of carbonyl (C=O) groups is 2. The second-order valence-electron chi connectivity index (χ2n) is 7.75. The molecular formula is C25H22Cl2N6O2. The second kappa shape index (κ2) is 10.7. The molecule has 0 aliphatic rings. The van der Waals surface area contributed by atoms with E-state index >= 15 is 0 Å². The molecule has 0 radical (unpaired) electrons. The molecule has 0 saturated heterocycles. The number of halogens is 2. The van der Waals surface area contributed by atoms with Crippen molar-refractivity contribution >= 4 is 40.8 Å². The highest BCUT2D eigenvalue weighted by atomic mass is 35.5. The van der Waals surface area contributed by atoms with Gasteiger partial charge in [-0.05, 0) is 43.3 Å². The van der Waals surface area contributed by atoms with Gasteiger partial charge in [0.05, 0.1) is 27.0 Å². The number of anilines is 1. The number of rotatable bonds is 7. The minimum atomic E-state index is -0.497. The summed E-state index contributed by atoms with van der Waals surface area (Å²) in [7, 11) is 0. The Balaban J connectivity index is 1.70. The van der Waals surface area contributed by atoms with E-state index in [2.05, 4.69) is 20.7 Å². The maximum absolute atomic E-state index is 13.3. The first-order chi connectivity index (χ1) is 16.9. The van der Waals surface area contributed by atoms with Crippen LogP contribution >= 0.6 is 23.2 Å². The van der Waals surface area contributed by atoms with Crippen LogP contribution in [0.4, 0.5) is 5.82 Å². The number of carbonyl (C=O) groups excluding carboxylic acids is 2. The molecule has 1 atom stereocenters. The third-order valence-corrected chi connectivity index (χ3v) is 5.78. The normalized spacial score (nSPS) is 11.7. The Kier molecular flexibility index (Phi) is 7.45. The fraction of sp³-hybridized carbons (Fsp3) is 0.120. The highest BCUT2D eigenvalue weighted by Gasteiger charge is 2.21. The van der Waals surface area contributed by atoms with E-state index in [0.29, 0.717) is 22.0 Å². The Labute approximate surface area is 212 Å². The first-order valence-corrected chi connectivity index (χ1v) is 11.5. The lowest BCUT2D eigenvalue weighted by molar-refractivity contribution is 0.0935. The maximum atomic E-state index is 13.3. The summed E-state index contributed by atoms with van der Waals surface area (Å²) < 4.78 is 1.48. The molecule has 10 heteroatoms. The number of para-hydroxylation sites is 1. The number of nitrogens with two attached hydrogens (primary N) is 1. The Morgan fingerprint density at radius 2 is 1.74 bits per heavy atom. The number of pyridine rings is 1. The molecule has 0 bridgehead atoms. The third kappa shape index (κ3) is 5.51. The van der Waals surface area contributed by atoms with E-state index in [0.717, 1.165) is 0 Å². The summed E-state index contributed by atoms with van der Waals surface area (Å²) >= 11 is 12.7. The molecule has 4 N–H and O–H groups in total. The summed E-state index contributed by atoms with van der Waals surface area (Å²) in [5, 5.41) is 10.5. The molecule has 2 heterocycles. The van der Waals surface area contributed by atoms with Gasteiger partial charge in [0, 0.05) is 30.4 Å². The van der Waals surface area contributed by atoms with Gasteiger partial charge in [-0.25, -0.2) is 4.68 Å². The molecule has 0 saturated carbocycles. The van der Waals surface area contributed by atoms with Crippen LogP contribution < -0.4 is 16.4 Å². The topological polar surface area (TPSA) is 115 Å². The number of benzene rings is 2. The molecule has 35 heavy (non-hydrogen) atoms. The van der Waals surface area contributed by atoms with Crippen molar-refractivity contribution in [2.24, 2.45) is 5.73 Å². The number of aromatic nitrogens is 3. The van der Waals surface area contributed by atoms with Gasteiger partial charge >= 0.3 is 0 Å². The van der Waals surface area contributed by atoms with Gasteiger partial charge in [-0.3, -0.25) is 14.6 Å². The number of hydrogen-bond acceptors (Lipinski definition) is 5. The zero-order valence-corrected chi connectivity index (χ0v) is 20.2. The summed E-state index contributed by atoms with van der Waals surface area (Å²) in [4.78, 5) is 30.3. The van der Waals surface area contributed by atoms with Crippen molar-refractivity contribution in [2.75, 3.05) is 11.9 Å². The average molecular weight is 509 g/mol. The molecule has 2 aromatic carbocycles.